The molecule has 1 aromatic carbocycles. The van der Waals surface area contributed by atoms with Crippen LogP contribution in [0.1, 0.15) is 31.2 Å². The van der Waals surface area contributed by atoms with Gasteiger partial charge >= 0.3 is 0 Å². The van der Waals surface area contributed by atoms with Crippen molar-refractivity contribution in [1.82, 2.24) is 0 Å². The van der Waals surface area contributed by atoms with Crippen molar-refractivity contribution in [3.05, 3.63) is 23.8 Å². The van der Waals surface area contributed by atoms with Crippen LogP contribution in [0.3, 0.4) is 0 Å². The Morgan fingerprint density at radius 3 is 2.93 bits per heavy atom. The van der Waals surface area contributed by atoms with Crippen LogP contribution in [0.25, 0.3) is 0 Å². The van der Waals surface area contributed by atoms with Crippen LogP contribution in [0.2, 0.25) is 0 Å². The molecule has 2 aliphatic rings. The number of rotatable bonds is 2. The highest BCUT2D eigenvalue weighted by Gasteiger charge is 2.17. The summed E-state index contributed by atoms with van der Waals surface area (Å²) in [7, 11) is 0. The van der Waals surface area contributed by atoms with Crippen LogP contribution in [0, 0.1) is 0 Å². The molecule has 0 saturated heterocycles. The van der Waals surface area contributed by atoms with Crippen LogP contribution in [-0.4, -0.2) is 12.6 Å². The van der Waals surface area contributed by atoms with Gasteiger partial charge in [0.1, 0.15) is 5.75 Å². The zero-order chi connectivity index (χ0) is 10.1. The summed E-state index contributed by atoms with van der Waals surface area (Å²) in [5.41, 5.74) is 2.69. The van der Waals surface area contributed by atoms with Crippen LogP contribution in [-0.2, 0) is 6.42 Å². The SMILES string of the molecule is c1cc2c(cc1OC1CCCC1)CCN2. The Morgan fingerprint density at radius 1 is 1.20 bits per heavy atom. The van der Waals surface area contributed by atoms with Gasteiger partial charge in [0.05, 0.1) is 6.10 Å². The third kappa shape index (κ3) is 1.81. The molecule has 3 rings (SSSR count). The zero-order valence-corrected chi connectivity index (χ0v) is 8.96. The first-order chi connectivity index (χ1) is 7.42. The molecule has 0 amide bonds. The number of ether oxygens (including phenoxy) is 1. The summed E-state index contributed by atoms with van der Waals surface area (Å²) in [6.45, 7) is 1.07. The Bertz CT molecular complexity index is 356. The van der Waals surface area contributed by atoms with Gasteiger partial charge in [-0.05, 0) is 55.9 Å². The topological polar surface area (TPSA) is 21.3 Å². The van der Waals surface area contributed by atoms with Gasteiger partial charge in [-0.3, -0.25) is 0 Å². The summed E-state index contributed by atoms with van der Waals surface area (Å²) in [6, 6.07) is 6.44. The molecule has 1 saturated carbocycles. The second-order valence-electron chi connectivity index (χ2n) is 4.52. The molecule has 1 heterocycles. The number of fused-ring (bicyclic) bond motifs is 1. The lowest BCUT2D eigenvalue weighted by Gasteiger charge is -2.13. The molecule has 0 bridgehead atoms. The third-order valence-corrected chi connectivity index (χ3v) is 3.39. The maximum atomic E-state index is 5.97. The van der Waals surface area contributed by atoms with E-state index in [0.29, 0.717) is 6.10 Å². The molecule has 1 aliphatic carbocycles. The van der Waals surface area contributed by atoms with E-state index in [9.17, 15) is 0 Å². The van der Waals surface area contributed by atoms with Gasteiger partial charge in [0.2, 0.25) is 0 Å². The summed E-state index contributed by atoms with van der Waals surface area (Å²) in [5, 5.41) is 3.37. The monoisotopic (exact) mass is 203 g/mol. The van der Waals surface area contributed by atoms with Crippen molar-refractivity contribution >= 4 is 5.69 Å². The van der Waals surface area contributed by atoms with E-state index in [2.05, 4.69) is 23.5 Å². The second kappa shape index (κ2) is 3.76. The van der Waals surface area contributed by atoms with Crippen molar-refractivity contribution < 1.29 is 4.74 Å². The Balaban J connectivity index is 1.75. The maximum Gasteiger partial charge on any atom is 0.120 e. The summed E-state index contributed by atoms with van der Waals surface area (Å²) in [6.07, 6.45) is 6.73. The Morgan fingerprint density at radius 2 is 2.07 bits per heavy atom. The van der Waals surface area contributed by atoms with Crippen LogP contribution >= 0.6 is 0 Å². The standard InChI is InChI=1S/C13H17NO/c1-2-4-11(3-1)15-12-5-6-13-10(9-12)7-8-14-13/h5-6,9,11,14H,1-4,7-8H2. The smallest absolute Gasteiger partial charge is 0.120 e. The van der Waals surface area contributed by atoms with Crippen LogP contribution in [0.5, 0.6) is 5.75 Å². The largest absolute Gasteiger partial charge is 0.490 e. The van der Waals surface area contributed by atoms with Crippen molar-refractivity contribution in [2.45, 2.75) is 38.2 Å². The van der Waals surface area contributed by atoms with Crippen molar-refractivity contribution in [2.75, 3.05) is 11.9 Å². The van der Waals surface area contributed by atoms with Crippen LogP contribution in [0.4, 0.5) is 5.69 Å². The van der Waals surface area contributed by atoms with Gasteiger partial charge in [0.15, 0.2) is 0 Å². The summed E-state index contributed by atoms with van der Waals surface area (Å²) < 4.78 is 5.97. The first-order valence-corrected chi connectivity index (χ1v) is 5.95. The molecule has 1 fully saturated rings. The summed E-state index contributed by atoms with van der Waals surface area (Å²) >= 11 is 0. The van der Waals surface area contributed by atoms with E-state index in [-0.39, 0.29) is 0 Å². The first kappa shape index (κ1) is 9.08. The maximum absolute atomic E-state index is 5.97. The van der Waals surface area contributed by atoms with E-state index in [0.717, 1.165) is 18.7 Å². The Hall–Kier alpha value is -1.18. The van der Waals surface area contributed by atoms with Gasteiger partial charge in [-0.15, -0.1) is 0 Å². The van der Waals surface area contributed by atoms with E-state index in [1.807, 2.05) is 0 Å². The second-order valence-corrected chi connectivity index (χ2v) is 4.52. The quantitative estimate of drug-likeness (QED) is 0.797. The molecule has 0 spiro atoms. The molecule has 80 valence electrons. The summed E-state index contributed by atoms with van der Waals surface area (Å²) in [4.78, 5) is 0. The average molecular weight is 203 g/mol. The fraction of sp³-hybridized carbons (Fsp3) is 0.538. The van der Waals surface area contributed by atoms with Crippen molar-refractivity contribution in [3.63, 3.8) is 0 Å². The lowest BCUT2D eigenvalue weighted by Crippen LogP contribution is -2.10. The Labute approximate surface area is 90.6 Å². The molecule has 1 aliphatic heterocycles. The van der Waals surface area contributed by atoms with E-state index in [4.69, 9.17) is 4.74 Å². The number of benzene rings is 1. The molecule has 0 radical (unpaired) electrons. The minimum Gasteiger partial charge on any atom is -0.490 e. The average Bonchev–Trinajstić information content (AvgIpc) is 2.87. The molecule has 2 nitrogen and oxygen atoms in total. The predicted octanol–water partition coefficient (Wildman–Crippen LogP) is 2.98. The van der Waals surface area contributed by atoms with Gasteiger partial charge in [-0.2, -0.15) is 0 Å². The van der Waals surface area contributed by atoms with Gasteiger partial charge in [0.25, 0.3) is 0 Å². The molecule has 1 aromatic rings. The molecule has 15 heavy (non-hydrogen) atoms. The van der Waals surface area contributed by atoms with Crippen molar-refractivity contribution in [3.8, 4) is 5.75 Å². The summed E-state index contributed by atoms with van der Waals surface area (Å²) in [5.74, 6) is 1.06. The van der Waals surface area contributed by atoms with Crippen molar-refractivity contribution in [1.29, 1.82) is 0 Å². The number of anilines is 1. The zero-order valence-electron chi connectivity index (χ0n) is 8.96. The van der Waals surface area contributed by atoms with Crippen molar-refractivity contribution in [2.24, 2.45) is 0 Å². The molecular formula is C13H17NO. The number of hydrogen-bond donors (Lipinski definition) is 1. The lowest BCUT2D eigenvalue weighted by molar-refractivity contribution is 0.210. The van der Waals surface area contributed by atoms with E-state index < -0.39 is 0 Å². The van der Waals surface area contributed by atoms with E-state index >= 15 is 0 Å². The van der Waals surface area contributed by atoms with E-state index in [1.165, 1.54) is 36.9 Å². The number of nitrogens with one attached hydrogen (secondary N) is 1. The van der Waals surface area contributed by atoms with Gasteiger partial charge in [-0.1, -0.05) is 0 Å². The molecule has 1 N–H and O–H groups in total. The normalized spacial score (nSPS) is 20.0. The molecule has 0 atom stereocenters. The van der Waals surface area contributed by atoms with Crippen LogP contribution in [0.15, 0.2) is 18.2 Å². The van der Waals surface area contributed by atoms with Crippen LogP contribution < -0.4 is 10.1 Å². The minimum atomic E-state index is 0.470. The Kier molecular flexibility index (Phi) is 2.28. The third-order valence-electron chi connectivity index (χ3n) is 3.39. The molecule has 0 aromatic heterocycles. The predicted molar refractivity (Wildman–Crippen MR) is 61.5 cm³/mol. The van der Waals surface area contributed by atoms with E-state index in [1.54, 1.807) is 0 Å². The molecule has 2 heteroatoms. The van der Waals surface area contributed by atoms with Gasteiger partial charge in [-0.25, -0.2) is 0 Å². The van der Waals surface area contributed by atoms with Gasteiger partial charge in [0, 0.05) is 12.2 Å². The minimum absolute atomic E-state index is 0.470. The fourth-order valence-electron chi connectivity index (χ4n) is 2.55. The highest BCUT2D eigenvalue weighted by molar-refractivity contribution is 5.57. The first-order valence-electron chi connectivity index (χ1n) is 5.95. The molecule has 0 unspecified atom stereocenters. The number of hydrogen-bond acceptors (Lipinski definition) is 2. The molecular weight excluding hydrogens is 186 g/mol. The highest BCUT2D eigenvalue weighted by Crippen LogP contribution is 2.29. The fourth-order valence-corrected chi connectivity index (χ4v) is 2.55. The lowest BCUT2D eigenvalue weighted by atomic mass is 10.1. The highest BCUT2D eigenvalue weighted by atomic mass is 16.5. The van der Waals surface area contributed by atoms with Gasteiger partial charge < -0.3 is 10.1 Å².